The predicted molar refractivity (Wildman–Crippen MR) is 86.4 cm³/mol. The molecule has 2 N–H and O–H groups in total. The Kier molecular flexibility index (Phi) is 6.04. The zero-order valence-corrected chi connectivity index (χ0v) is 13.7. The molecule has 1 aromatic heterocycles. The molecule has 5 heteroatoms. The molecule has 3 nitrogen and oxygen atoms in total. The Morgan fingerprint density at radius 3 is 2.85 bits per heavy atom. The first-order chi connectivity index (χ1) is 9.66. The number of rotatable bonds is 7. The first kappa shape index (κ1) is 15.5. The number of halogens is 1. The van der Waals surface area contributed by atoms with E-state index in [2.05, 4.69) is 21.2 Å². The Hall–Kier alpha value is -0.880. The molecule has 108 valence electrons. The third-order valence-electron chi connectivity index (χ3n) is 2.88. The van der Waals surface area contributed by atoms with Gasteiger partial charge in [-0.25, -0.2) is 0 Å². The largest absolute Gasteiger partial charge is 0.491 e. The zero-order chi connectivity index (χ0) is 14.4. The number of hydrogen-bond acceptors (Lipinski definition) is 4. The van der Waals surface area contributed by atoms with Crippen molar-refractivity contribution in [3.8, 4) is 5.75 Å². The van der Waals surface area contributed by atoms with Crippen LogP contribution in [0.3, 0.4) is 0 Å². The maximum atomic E-state index is 9.90. The lowest BCUT2D eigenvalue weighted by Gasteiger charge is -2.14. The van der Waals surface area contributed by atoms with Crippen molar-refractivity contribution in [2.24, 2.45) is 0 Å². The van der Waals surface area contributed by atoms with Gasteiger partial charge in [-0.1, -0.05) is 18.2 Å². The van der Waals surface area contributed by atoms with E-state index in [0.29, 0.717) is 13.2 Å². The third-order valence-corrected chi connectivity index (χ3v) is 4.81. The van der Waals surface area contributed by atoms with E-state index >= 15 is 0 Å². The second kappa shape index (κ2) is 7.78. The van der Waals surface area contributed by atoms with Crippen molar-refractivity contribution in [1.29, 1.82) is 0 Å². The SMILES string of the molecule is Cc1ccccc1OCC(O)CNCc1sccc1Br. The molecule has 1 heterocycles. The Labute approximate surface area is 131 Å². The first-order valence-corrected chi connectivity index (χ1v) is 8.13. The van der Waals surface area contributed by atoms with Gasteiger partial charge in [0.2, 0.25) is 0 Å². The average molecular weight is 356 g/mol. The van der Waals surface area contributed by atoms with Crippen molar-refractivity contribution in [2.45, 2.75) is 19.6 Å². The molecular formula is C15H18BrNO2S. The summed E-state index contributed by atoms with van der Waals surface area (Å²) in [6.07, 6.45) is -0.520. The molecule has 20 heavy (non-hydrogen) atoms. The van der Waals surface area contributed by atoms with Crippen LogP contribution in [0.4, 0.5) is 0 Å². The van der Waals surface area contributed by atoms with E-state index in [1.807, 2.05) is 42.6 Å². The van der Waals surface area contributed by atoms with Crippen molar-refractivity contribution < 1.29 is 9.84 Å². The first-order valence-electron chi connectivity index (χ1n) is 6.46. The van der Waals surface area contributed by atoms with E-state index < -0.39 is 6.10 Å². The lowest BCUT2D eigenvalue weighted by Crippen LogP contribution is -2.31. The molecule has 1 atom stereocenters. The number of aliphatic hydroxyl groups is 1. The second-order valence-corrected chi connectivity index (χ2v) is 6.41. The molecule has 0 bridgehead atoms. The van der Waals surface area contributed by atoms with Crippen LogP contribution in [0.15, 0.2) is 40.2 Å². The van der Waals surface area contributed by atoms with Gasteiger partial charge >= 0.3 is 0 Å². The van der Waals surface area contributed by atoms with Gasteiger partial charge in [-0.2, -0.15) is 0 Å². The van der Waals surface area contributed by atoms with Gasteiger partial charge in [0.25, 0.3) is 0 Å². The number of para-hydroxylation sites is 1. The summed E-state index contributed by atoms with van der Waals surface area (Å²) in [7, 11) is 0. The molecule has 0 aliphatic heterocycles. The lowest BCUT2D eigenvalue weighted by molar-refractivity contribution is 0.106. The number of thiophene rings is 1. The van der Waals surface area contributed by atoms with Crippen molar-refractivity contribution in [2.75, 3.05) is 13.2 Å². The van der Waals surface area contributed by atoms with Crippen LogP contribution in [0.25, 0.3) is 0 Å². The van der Waals surface area contributed by atoms with Gasteiger partial charge in [0.1, 0.15) is 18.5 Å². The van der Waals surface area contributed by atoms with Crippen LogP contribution in [0, 0.1) is 6.92 Å². The zero-order valence-electron chi connectivity index (χ0n) is 11.3. The quantitative estimate of drug-likeness (QED) is 0.800. The van der Waals surface area contributed by atoms with Crippen LogP contribution in [0.2, 0.25) is 0 Å². The molecule has 0 saturated heterocycles. The highest BCUT2D eigenvalue weighted by atomic mass is 79.9. The van der Waals surface area contributed by atoms with Crippen molar-refractivity contribution >= 4 is 27.3 Å². The molecule has 0 spiro atoms. The summed E-state index contributed by atoms with van der Waals surface area (Å²) >= 11 is 5.18. The maximum Gasteiger partial charge on any atom is 0.122 e. The fourth-order valence-corrected chi connectivity index (χ4v) is 3.23. The van der Waals surface area contributed by atoms with Crippen LogP contribution in [-0.4, -0.2) is 24.4 Å². The minimum absolute atomic E-state index is 0.295. The minimum Gasteiger partial charge on any atom is -0.491 e. The van der Waals surface area contributed by atoms with Gasteiger partial charge in [-0.3, -0.25) is 0 Å². The minimum atomic E-state index is -0.520. The highest BCUT2D eigenvalue weighted by Crippen LogP contribution is 2.22. The summed E-state index contributed by atoms with van der Waals surface area (Å²) in [5.41, 5.74) is 1.08. The molecule has 2 rings (SSSR count). The Bertz CT molecular complexity index is 544. The smallest absolute Gasteiger partial charge is 0.122 e. The fraction of sp³-hybridized carbons (Fsp3) is 0.333. The van der Waals surface area contributed by atoms with E-state index in [4.69, 9.17) is 4.74 Å². The van der Waals surface area contributed by atoms with Crippen LogP contribution in [0.1, 0.15) is 10.4 Å². The molecular weight excluding hydrogens is 338 g/mol. The topological polar surface area (TPSA) is 41.5 Å². The van der Waals surface area contributed by atoms with E-state index in [1.54, 1.807) is 11.3 Å². The van der Waals surface area contributed by atoms with E-state index in [-0.39, 0.29) is 0 Å². The van der Waals surface area contributed by atoms with Gasteiger partial charge in [-0.15, -0.1) is 11.3 Å². The van der Waals surface area contributed by atoms with Gasteiger partial charge < -0.3 is 15.2 Å². The number of nitrogens with one attached hydrogen (secondary N) is 1. The number of hydrogen-bond donors (Lipinski definition) is 2. The van der Waals surface area contributed by atoms with Crippen LogP contribution >= 0.6 is 27.3 Å². The van der Waals surface area contributed by atoms with Crippen molar-refractivity contribution in [1.82, 2.24) is 5.32 Å². The number of ether oxygens (including phenoxy) is 1. The van der Waals surface area contributed by atoms with Crippen LogP contribution in [-0.2, 0) is 6.54 Å². The van der Waals surface area contributed by atoms with Crippen molar-refractivity contribution in [3.05, 3.63) is 50.6 Å². The predicted octanol–water partition coefficient (Wildman–Crippen LogP) is 3.35. The normalized spacial score (nSPS) is 12.3. The molecule has 0 amide bonds. The van der Waals surface area contributed by atoms with Gasteiger partial charge in [0.15, 0.2) is 0 Å². The van der Waals surface area contributed by atoms with E-state index in [9.17, 15) is 5.11 Å². The molecule has 2 aromatic rings. The average Bonchev–Trinajstić information content (AvgIpc) is 2.84. The van der Waals surface area contributed by atoms with Crippen LogP contribution in [0.5, 0.6) is 5.75 Å². The Morgan fingerprint density at radius 2 is 2.15 bits per heavy atom. The monoisotopic (exact) mass is 355 g/mol. The summed E-state index contributed by atoms with van der Waals surface area (Å²) in [5.74, 6) is 0.826. The maximum absolute atomic E-state index is 9.90. The second-order valence-electron chi connectivity index (χ2n) is 4.55. The molecule has 1 aromatic carbocycles. The molecule has 0 radical (unpaired) electrons. The molecule has 0 aliphatic carbocycles. The van der Waals surface area contributed by atoms with E-state index in [1.165, 1.54) is 4.88 Å². The third kappa shape index (κ3) is 4.59. The highest BCUT2D eigenvalue weighted by Gasteiger charge is 2.07. The standard InChI is InChI=1S/C15H18BrNO2S/c1-11-4-2-3-5-14(11)19-10-12(18)8-17-9-15-13(16)6-7-20-15/h2-7,12,17-18H,8-10H2,1H3. The molecule has 0 aliphatic rings. The summed E-state index contributed by atoms with van der Waals surface area (Å²) < 4.78 is 6.73. The molecule has 1 unspecified atom stereocenters. The van der Waals surface area contributed by atoms with Gasteiger partial charge in [0, 0.05) is 22.4 Å². The molecule has 0 fully saturated rings. The van der Waals surface area contributed by atoms with Gasteiger partial charge in [-0.05, 0) is 45.9 Å². The summed E-state index contributed by atoms with van der Waals surface area (Å²) in [4.78, 5) is 1.23. The van der Waals surface area contributed by atoms with Crippen molar-refractivity contribution in [3.63, 3.8) is 0 Å². The number of aryl methyl sites for hydroxylation is 1. The summed E-state index contributed by atoms with van der Waals surface area (Å²) in [6.45, 7) is 3.55. The Balaban J connectivity index is 1.69. The lowest BCUT2D eigenvalue weighted by atomic mass is 10.2. The van der Waals surface area contributed by atoms with Gasteiger partial charge in [0.05, 0.1) is 0 Å². The molecule has 0 saturated carbocycles. The highest BCUT2D eigenvalue weighted by molar-refractivity contribution is 9.10. The fourth-order valence-electron chi connectivity index (χ4n) is 1.77. The number of benzene rings is 1. The van der Waals surface area contributed by atoms with E-state index in [0.717, 1.165) is 22.3 Å². The summed E-state index contributed by atoms with van der Waals surface area (Å²) in [6, 6.07) is 9.84. The summed E-state index contributed by atoms with van der Waals surface area (Å²) in [5, 5.41) is 15.2. The Morgan fingerprint density at radius 1 is 1.35 bits per heavy atom. The van der Waals surface area contributed by atoms with Crippen LogP contribution < -0.4 is 10.1 Å². The number of aliphatic hydroxyl groups excluding tert-OH is 1.